The van der Waals surface area contributed by atoms with E-state index in [9.17, 15) is 0 Å². The van der Waals surface area contributed by atoms with Crippen LogP contribution in [0.25, 0.3) is 0 Å². The molecule has 0 heterocycles. The van der Waals surface area contributed by atoms with Crippen molar-refractivity contribution in [3.8, 4) is 0 Å². The molecule has 2 nitrogen and oxygen atoms in total. The molecule has 2 N–H and O–H groups in total. The lowest BCUT2D eigenvalue weighted by molar-refractivity contribution is 0.155. The normalized spacial score (nSPS) is 13.0. The summed E-state index contributed by atoms with van der Waals surface area (Å²) in [4.78, 5) is 2.69. The van der Waals surface area contributed by atoms with Crippen molar-refractivity contribution >= 4 is 0 Å². The average molecular weight is 256 g/mol. The lowest BCUT2D eigenvalue weighted by Crippen LogP contribution is -2.38. The molecule has 0 unspecified atom stereocenters. The molecule has 110 valence electrons. The van der Waals surface area contributed by atoms with Crippen LogP contribution in [0.2, 0.25) is 0 Å². The Kier molecular flexibility index (Phi) is 8.89. The number of hydrogen-bond donors (Lipinski definition) is 1. The Morgan fingerprint density at radius 1 is 1.11 bits per heavy atom. The Labute approximate surface area is 115 Å². The zero-order valence-electron chi connectivity index (χ0n) is 13.6. The molecular weight excluding hydrogens is 220 g/mol. The van der Waals surface area contributed by atoms with E-state index in [0.717, 1.165) is 18.5 Å². The fourth-order valence-corrected chi connectivity index (χ4v) is 2.56. The average Bonchev–Trinajstić information content (AvgIpc) is 2.29. The molecule has 18 heavy (non-hydrogen) atoms. The van der Waals surface area contributed by atoms with Crippen molar-refractivity contribution in [3.63, 3.8) is 0 Å². The number of nitrogens with zero attached hydrogens (tertiary/aromatic N) is 1. The van der Waals surface area contributed by atoms with Crippen LogP contribution in [0, 0.1) is 11.3 Å². The smallest absolute Gasteiger partial charge is 0.00901 e. The first-order valence-electron chi connectivity index (χ1n) is 7.80. The maximum absolute atomic E-state index is 5.80. The minimum Gasteiger partial charge on any atom is -0.330 e. The summed E-state index contributed by atoms with van der Waals surface area (Å²) in [5.41, 5.74) is 6.11. The van der Waals surface area contributed by atoms with Gasteiger partial charge in [0.25, 0.3) is 0 Å². The van der Waals surface area contributed by atoms with Crippen LogP contribution in [0.4, 0.5) is 0 Å². The second-order valence-corrected chi connectivity index (χ2v) is 6.83. The van der Waals surface area contributed by atoms with Gasteiger partial charge < -0.3 is 10.6 Å². The summed E-state index contributed by atoms with van der Waals surface area (Å²) < 4.78 is 0. The Morgan fingerprint density at radius 3 is 2.06 bits per heavy atom. The van der Waals surface area contributed by atoms with Crippen molar-refractivity contribution in [2.75, 3.05) is 19.6 Å². The molecule has 0 aromatic heterocycles. The van der Waals surface area contributed by atoms with Gasteiger partial charge in [0.1, 0.15) is 0 Å². The van der Waals surface area contributed by atoms with E-state index in [0.29, 0.717) is 5.41 Å². The predicted octanol–water partition coefficient (Wildman–Crippen LogP) is 3.90. The Hall–Kier alpha value is -0.0800. The topological polar surface area (TPSA) is 29.3 Å². The van der Waals surface area contributed by atoms with Gasteiger partial charge in [0, 0.05) is 12.6 Å². The molecular formula is C16H36N2. The summed E-state index contributed by atoms with van der Waals surface area (Å²) in [6, 6.07) is 0.758. The van der Waals surface area contributed by atoms with E-state index in [1.54, 1.807) is 0 Å². The maximum Gasteiger partial charge on any atom is 0.00901 e. The zero-order chi connectivity index (χ0) is 14.2. The molecule has 0 aromatic rings. The Bertz CT molecular complexity index is 195. The van der Waals surface area contributed by atoms with Gasteiger partial charge in [0.05, 0.1) is 0 Å². The highest BCUT2D eigenvalue weighted by atomic mass is 15.1. The van der Waals surface area contributed by atoms with Crippen LogP contribution in [-0.2, 0) is 0 Å². The highest BCUT2D eigenvalue weighted by Gasteiger charge is 2.19. The van der Waals surface area contributed by atoms with E-state index in [4.69, 9.17) is 5.73 Å². The fraction of sp³-hybridized carbons (Fsp3) is 1.00. The molecule has 0 spiro atoms. The van der Waals surface area contributed by atoms with Crippen molar-refractivity contribution in [1.29, 1.82) is 0 Å². The first-order chi connectivity index (χ1) is 8.36. The first-order valence-corrected chi connectivity index (χ1v) is 7.80. The quantitative estimate of drug-likeness (QED) is 0.642. The van der Waals surface area contributed by atoms with E-state index < -0.39 is 0 Å². The van der Waals surface area contributed by atoms with Gasteiger partial charge in [0.15, 0.2) is 0 Å². The van der Waals surface area contributed by atoms with Gasteiger partial charge in [-0.1, -0.05) is 41.5 Å². The summed E-state index contributed by atoms with van der Waals surface area (Å²) in [5, 5.41) is 0. The third-order valence-electron chi connectivity index (χ3n) is 3.91. The number of rotatable bonds is 10. The van der Waals surface area contributed by atoms with Crippen molar-refractivity contribution in [2.24, 2.45) is 17.1 Å². The van der Waals surface area contributed by atoms with Crippen molar-refractivity contribution in [2.45, 2.75) is 73.3 Å². The van der Waals surface area contributed by atoms with Crippen LogP contribution >= 0.6 is 0 Å². The van der Waals surface area contributed by atoms with Gasteiger partial charge >= 0.3 is 0 Å². The largest absolute Gasteiger partial charge is 0.330 e. The second-order valence-electron chi connectivity index (χ2n) is 6.83. The van der Waals surface area contributed by atoms with E-state index in [2.05, 4.69) is 46.4 Å². The van der Waals surface area contributed by atoms with Crippen LogP contribution < -0.4 is 5.73 Å². The van der Waals surface area contributed by atoms with Crippen molar-refractivity contribution < 1.29 is 0 Å². The van der Waals surface area contributed by atoms with Gasteiger partial charge in [-0.15, -0.1) is 0 Å². The van der Waals surface area contributed by atoms with Crippen LogP contribution in [0.5, 0.6) is 0 Å². The third-order valence-corrected chi connectivity index (χ3v) is 3.91. The SMILES string of the molecule is CCC(CC)N(CCCC(C)(C)CN)CC(C)C. The molecule has 0 aliphatic rings. The summed E-state index contributed by atoms with van der Waals surface area (Å²) in [6.07, 6.45) is 5.04. The summed E-state index contributed by atoms with van der Waals surface area (Å²) >= 11 is 0. The molecule has 0 bridgehead atoms. The Balaban J connectivity index is 4.24. The lowest BCUT2D eigenvalue weighted by atomic mass is 9.88. The number of hydrogen-bond acceptors (Lipinski definition) is 2. The minimum absolute atomic E-state index is 0.303. The van der Waals surface area contributed by atoms with Crippen molar-refractivity contribution in [3.05, 3.63) is 0 Å². The van der Waals surface area contributed by atoms with Gasteiger partial charge in [-0.3, -0.25) is 0 Å². The molecule has 2 heteroatoms. The molecule has 0 radical (unpaired) electrons. The van der Waals surface area contributed by atoms with E-state index in [1.165, 1.54) is 38.8 Å². The fourth-order valence-electron chi connectivity index (χ4n) is 2.56. The van der Waals surface area contributed by atoms with Crippen molar-refractivity contribution in [1.82, 2.24) is 4.90 Å². The standard InChI is InChI=1S/C16H36N2/c1-7-15(8-2)18(12-14(3)4)11-9-10-16(5,6)13-17/h14-15H,7-13,17H2,1-6H3. The zero-order valence-corrected chi connectivity index (χ0v) is 13.6. The number of nitrogens with two attached hydrogens (primary N) is 1. The maximum atomic E-state index is 5.80. The summed E-state index contributed by atoms with van der Waals surface area (Å²) in [7, 11) is 0. The molecule has 0 aliphatic heterocycles. The van der Waals surface area contributed by atoms with Crippen LogP contribution in [-0.4, -0.2) is 30.6 Å². The van der Waals surface area contributed by atoms with Gasteiger partial charge in [0.2, 0.25) is 0 Å². The molecule has 0 amide bonds. The first kappa shape index (κ1) is 17.9. The van der Waals surface area contributed by atoms with Gasteiger partial charge in [-0.25, -0.2) is 0 Å². The molecule has 0 atom stereocenters. The summed E-state index contributed by atoms with van der Waals surface area (Å²) in [5.74, 6) is 0.758. The van der Waals surface area contributed by atoms with E-state index >= 15 is 0 Å². The highest BCUT2D eigenvalue weighted by Crippen LogP contribution is 2.21. The molecule has 0 rings (SSSR count). The van der Waals surface area contributed by atoms with Crippen LogP contribution in [0.3, 0.4) is 0 Å². The monoisotopic (exact) mass is 256 g/mol. The van der Waals surface area contributed by atoms with Crippen LogP contribution in [0.1, 0.15) is 67.2 Å². The molecule has 0 aromatic carbocycles. The van der Waals surface area contributed by atoms with E-state index in [-0.39, 0.29) is 0 Å². The third kappa shape index (κ3) is 7.38. The summed E-state index contributed by atoms with van der Waals surface area (Å²) in [6.45, 7) is 17.1. The molecule has 0 aliphatic carbocycles. The van der Waals surface area contributed by atoms with Gasteiger partial charge in [-0.2, -0.15) is 0 Å². The Morgan fingerprint density at radius 2 is 1.67 bits per heavy atom. The van der Waals surface area contributed by atoms with E-state index in [1.807, 2.05) is 0 Å². The minimum atomic E-state index is 0.303. The van der Waals surface area contributed by atoms with Gasteiger partial charge in [-0.05, 0) is 50.1 Å². The molecule has 0 saturated carbocycles. The molecule has 0 saturated heterocycles. The highest BCUT2D eigenvalue weighted by molar-refractivity contribution is 4.74. The van der Waals surface area contributed by atoms with Crippen LogP contribution in [0.15, 0.2) is 0 Å². The predicted molar refractivity (Wildman–Crippen MR) is 82.9 cm³/mol. The molecule has 0 fully saturated rings. The second kappa shape index (κ2) is 8.92. The lowest BCUT2D eigenvalue weighted by Gasteiger charge is -2.33.